The maximum absolute atomic E-state index is 9.55. The molecular formula is C11H17NO2S. The number of β-amino-alcohol motifs (C(OH)–C–C–N with tert-alkyl or cyclic N) is 1. The molecule has 0 spiro atoms. The number of ether oxygens (including phenoxy) is 1. The van der Waals surface area contributed by atoms with Gasteiger partial charge in [0.05, 0.1) is 13.2 Å². The van der Waals surface area contributed by atoms with Gasteiger partial charge in [0.2, 0.25) is 0 Å². The third-order valence-corrected chi connectivity index (χ3v) is 3.73. The van der Waals surface area contributed by atoms with E-state index in [2.05, 4.69) is 11.0 Å². The van der Waals surface area contributed by atoms with E-state index in [1.807, 2.05) is 6.07 Å². The molecule has 0 aliphatic carbocycles. The van der Waals surface area contributed by atoms with Crippen molar-refractivity contribution in [1.29, 1.82) is 0 Å². The van der Waals surface area contributed by atoms with Gasteiger partial charge < -0.3 is 9.84 Å². The smallest absolute Gasteiger partial charge is 0.173 e. The molecule has 1 unspecified atom stereocenters. The molecule has 84 valence electrons. The minimum absolute atomic E-state index is 0.138. The summed E-state index contributed by atoms with van der Waals surface area (Å²) in [6, 6.07) is 4.10. The number of nitrogens with zero attached hydrogens (tertiary/aromatic N) is 1. The Kier molecular flexibility index (Phi) is 3.61. The molecule has 1 fully saturated rings. The van der Waals surface area contributed by atoms with Gasteiger partial charge in [0.15, 0.2) is 5.06 Å². The third-order valence-electron chi connectivity index (χ3n) is 2.70. The zero-order chi connectivity index (χ0) is 10.7. The zero-order valence-corrected chi connectivity index (χ0v) is 9.80. The van der Waals surface area contributed by atoms with Gasteiger partial charge in [-0.15, -0.1) is 11.3 Å². The largest absolute Gasteiger partial charge is 0.487 e. The van der Waals surface area contributed by atoms with E-state index in [9.17, 15) is 5.11 Å². The van der Waals surface area contributed by atoms with Gasteiger partial charge in [-0.3, -0.25) is 4.90 Å². The molecule has 1 N–H and O–H groups in total. The lowest BCUT2D eigenvalue weighted by Gasteiger charge is -2.29. The van der Waals surface area contributed by atoms with Gasteiger partial charge in [-0.25, -0.2) is 0 Å². The second-order valence-corrected chi connectivity index (χ2v) is 5.09. The van der Waals surface area contributed by atoms with E-state index in [1.165, 1.54) is 4.88 Å². The van der Waals surface area contributed by atoms with Crippen LogP contribution in [0.2, 0.25) is 0 Å². The fourth-order valence-electron chi connectivity index (χ4n) is 1.95. The number of aliphatic hydroxyl groups excluding tert-OH is 1. The van der Waals surface area contributed by atoms with Crippen LogP contribution in [0.4, 0.5) is 0 Å². The summed E-state index contributed by atoms with van der Waals surface area (Å²) in [4.78, 5) is 3.61. The Balaban J connectivity index is 1.90. The van der Waals surface area contributed by atoms with E-state index in [0.29, 0.717) is 0 Å². The van der Waals surface area contributed by atoms with E-state index in [0.717, 1.165) is 37.5 Å². The molecule has 1 aromatic heterocycles. The van der Waals surface area contributed by atoms with Crippen molar-refractivity contribution in [2.45, 2.75) is 25.5 Å². The molecule has 1 aromatic rings. The van der Waals surface area contributed by atoms with Crippen LogP contribution in [0.5, 0.6) is 5.06 Å². The summed E-state index contributed by atoms with van der Waals surface area (Å²) >= 11 is 1.68. The molecule has 4 heteroatoms. The van der Waals surface area contributed by atoms with Crippen LogP contribution in [0.1, 0.15) is 17.7 Å². The van der Waals surface area contributed by atoms with E-state index >= 15 is 0 Å². The van der Waals surface area contributed by atoms with Crippen molar-refractivity contribution >= 4 is 11.3 Å². The Morgan fingerprint density at radius 1 is 1.60 bits per heavy atom. The molecule has 15 heavy (non-hydrogen) atoms. The monoisotopic (exact) mass is 227 g/mol. The minimum atomic E-state index is -0.138. The molecule has 0 bridgehead atoms. The first kappa shape index (κ1) is 10.9. The van der Waals surface area contributed by atoms with Crippen molar-refractivity contribution in [2.75, 3.05) is 20.2 Å². The Labute approximate surface area is 94.3 Å². The molecule has 0 aromatic carbocycles. The number of thiophene rings is 1. The first-order chi connectivity index (χ1) is 7.28. The molecule has 3 nitrogen and oxygen atoms in total. The maximum Gasteiger partial charge on any atom is 0.173 e. The second kappa shape index (κ2) is 4.96. The van der Waals surface area contributed by atoms with Crippen molar-refractivity contribution in [3.05, 3.63) is 17.0 Å². The lowest BCUT2D eigenvalue weighted by Crippen LogP contribution is -2.37. The molecule has 0 amide bonds. The fourth-order valence-corrected chi connectivity index (χ4v) is 2.81. The van der Waals surface area contributed by atoms with Crippen LogP contribution in [-0.2, 0) is 6.54 Å². The number of hydrogen-bond donors (Lipinski definition) is 1. The minimum Gasteiger partial charge on any atom is -0.487 e. The molecule has 2 rings (SSSR count). The standard InChI is InChI=1S/C11H17NO2S/c1-14-11-5-4-10(15-11)8-12-6-2-3-9(13)7-12/h4-5,9,13H,2-3,6-8H2,1H3. The number of likely N-dealkylation sites (tertiary alicyclic amines) is 1. The highest BCUT2D eigenvalue weighted by Gasteiger charge is 2.18. The molecule has 0 saturated carbocycles. The number of methoxy groups -OCH3 is 1. The van der Waals surface area contributed by atoms with E-state index in [4.69, 9.17) is 4.74 Å². The number of rotatable bonds is 3. The van der Waals surface area contributed by atoms with Gasteiger partial charge in [-0.1, -0.05) is 0 Å². The van der Waals surface area contributed by atoms with Crippen LogP contribution in [0, 0.1) is 0 Å². The van der Waals surface area contributed by atoms with Crippen molar-refractivity contribution in [3.63, 3.8) is 0 Å². The Bertz CT molecular complexity index is 313. The van der Waals surface area contributed by atoms with Crippen LogP contribution < -0.4 is 4.74 Å². The third kappa shape index (κ3) is 2.93. The molecule has 1 saturated heterocycles. The van der Waals surface area contributed by atoms with Crippen molar-refractivity contribution in [1.82, 2.24) is 4.90 Å². The van der Waals surface area contributed by atoms with E-state index in [1.54, 1.807) is 18.4 Å². The fraction of sp³-hybridized carbons (Fsp3) is 0.636. The van der Waals surface area contributed by atoms with E-state index in [-0.39, 0.29) is 6.10 Å². The zero-order valence-electron chi connectivity index (χ0n) is 8.98. The summed E-state index contributed by atoms with van der Waals surface area (Å²) in [5, 5.41) is 10.5. The Morgan fingerprint density at radius 3 is 3.13 bits per heavy atom. The van der Waals surface area contributed by atoms with Crippen LogP contribution in [0.15, 0.2) is 12.1 Å². The van der Waals surface area contributed by atoms with Crippen LogP contribution in [0.3, 0.4) is 0 Å². The first-order valence-corrected chi connectivity index (χ1v) is 6.12. The summed E-state index contributed by atoms with van der Waals surface area (Å²) in [7, 11) is 1.69. The average Bonchev–Trinajstić information content (AvgIpc) is 2.65. The van der Waals surface area contributed by atoms with Gasteiger partial charge in [-0.05, 0) is 31.5 Å². The van der Waals surface area contributed by atoms with Gasteiger partial charge >= 0.3 is 0 Å². The summed E-state index contributed by atoms with van der Waals surface area (Å²) in [5.41, 5.74) is 0. The van der Waals surface area contributed by atoms with Crippen molar-refractivity contribution in [3.8, 4) is 5.06 Å². The van der Waals surface area contributed by atoms with E-state index < -0.39 is 0 Å². The van der Waals surface area contributed by atoms with Gasteiger partial charge in [0, 0.05) is 18.0 Å². The van der Waals surface area contributed by atoms with Gasteiger partial charge in [0.1, 0.15) is 0 Å². The highest BCUT2D eigenvalue weighted by Crippen LogP contribution is 2.25. The molecule has 1 atom stereocenters. The number of piperidine rings is 1. The highest BCUT2D eigenvalue weighted by atomic mass is 32.1. The topological polar surface area (TPSA) is 32.7 Å². The second-order valence-electron chi connectivity index (χ2n) is 3.96. The maximum atomic E-state index is 9.55. The van der Waals surface area contributed by atoms with Crippen LogP contribution in [0.25, 0.3) is 0 Å². The predicted octanol–water partition coefficient (Wildman–Crippen LogP) is 1.71. The Hall–Kier alpha value is -0.580. The predicted molar refractivity (Wildman–Crippen MR) is 61.4 cm³/mol. The quantitative estimate of drug-likeness (QED) is 0.853. The van der Waals surface area contributed by atoms with Crippen LogP contribution in [-0.4, -0.2) is 36.3 Å². The SMILES string of the molecule is COc1ccc(CN2CCCC(O)C2)s1. The normalized spacial score (nSPS) is 22.9. The van der Waals surface area contributed by atoms with Gasteiger partial charge in [0.25, 0.3) is 0 Å². The van der Waals surface area contributed by atoms with Crippen molar-refractivity contribution < 1.29 is 9.84 Å². The van der Waals surface area contributed by atoms with Crippen molar-refractivity contribution in [2.24, 2.45) is 0 Å². The van der Waals surface area contributed by atoms with Gasteiger partial charge in [-0.2, -0.15) is 0 Å². The Morgan fingerprint density at radius 2 is 2.47 bits per heavy atom. The van der Waals surface area contributed by atoms with Crippen LogP contribution >= 0.6 is 11.3 Å². The number of aliphatic hydroxyl groups is 1. The molecule has 1 aliphatic rings. The summed E-state index contributed by atoms with van der Waals surface area (Å²) < 4.78 is 5.16. The molecule has 1 aliphatic heterocycles. The molecular weight excluding hydrogens is 210 g/mol. The summed E-state index contributed by atoms with van der Waals surface area (Å²) in [6.45, 7) is 2.84. The summed E-state index contributed by atoms with van der Waals surface area (Å²) in [6.07, 6.45) is 1.91. The lowest BCUT2D eigenvalue weighted by molar-refractivity contribution is 0.0673. The number of hydrogen-bond acceptors (Lipinski definition) is 4. The average molecular weight is 227 g/mol. The first-order valence-electron chi connectivity index (χ1n) is 5.31. The molecule has 2 heterocycles. The summed E-state index contributed by atoms with van der Waals surface area (Å²) in [5.74, 6) is 0. The highest BCUT2D eigenvalue weighted by molar-refractivity contribution is 7.13. The molecule has 0 radical (unpaired) electrons. The lowest BCUT2D eigenvalue weighted by atomic mass is 10.1.